The van der Waals surface area contributed by atoms with E-state index in [2.05, 4.69) is 9.69 Å². The van der Waals surface area contributed by atoms with E-state index in [1.165, 1.54) is 4.90 Å². The molecule has 1 heterocycles. The van der Waals surface area contributed by atoms with Gasteiger partial charge in [-0.2, -0.15) is 4.37 Å². The maximum atomic E-state index is 13.9. The van der Waals surface area contributed by atoms with Crippen LogP contribution in [-0.4, -0.2) is 27.6 Å². The monoisotopic (exact) mass is 479 g/mol. The van der Waals surface area contributed by atoms with Crippen LogP contribution in [0.4, 0.5) is 11.4 Å². The summed E-state index contributed by atoms with van der Waals surface area (Å²) < 4.78 is 3.97. The van der Waals surface area contributed by atoms with Crippen molar-refractivity contribution in [3.8, 4) is 0 Å². The Morgan fingerprint density at radius 1 is 0.971 bits per heavy atom. The van der Waals surface area contributed by atoms with Gasteiger partial charge in [-0.3, -0.25) is 19.3 Å². The Hall–Kier alpha value is -3.72. The number of rotatable bonds is 6. The fraction of sp³-hybridized carbons (Fsp3) is 0.280. The molecule has 0 aliphatic rings. The molecule has 0 saturated heterocycles. The van der Waals surface area contributed by atoms with E-state index in [4.69, 9.17) is 11.5 Å². The molecule has 5 N–H and O–H groups in total. The molecule has 0 aliphatic carbocycles. The van der Waals surface area contributed by atoms with Crippen LogP contribution in [0.5, 0.6) is 0 Å². The minimum Gasteiger partial charge on any atom is -0.395 e. The quantitative estimate of drug-likeness (QED) is 0.495. The number of nitrogens with zero attached hydrogens (tertiary/aromatic N) is 2. The number of anilines is 2. The van der Waals surface area contributed by atoms with Crippen molar-refractivity contribution in [2.75, 3.05) is 10.6 Å². The number of carbonyl (C=O) groups is 3. The molecule has 0 spiro atoms. The number of nitrogens with two attached hydrogens (primary N) is 2. The average Bonchev–Trinajstić information content (AvgIpc) is 3.13. The summed E-state index contributed by atoms with van der Waals surface area (Å²) >= 11 is 0.780. The zero-order valence-electron chi connectivity index (χ0n) is 19.9. The molecule has 1 aromatic heterocycles. The summed E-state index contributed by atoms with van der Waals surface area (Å²) in [5.41, 5.74) is 13.8. The van der Waals surface area contributed by atoms with E-state index in [1.807, 2.05) is 71.0 Å². The smallest absolute Gasteiger partial charge is 0.273 e. The van der Waals surface area contributed by atoms with E-state index < -0.39 is 23.4 Å². The van der Waals surface area contributed by atoms with Gasteiger partial charge in [-0.05, 0) is 63.8 Å². The van der Waals surface area contributed by atoms with Gasteiger partial charge in [0.15, 0.2) is 5.69 Å². The van der Waals surface area contributed by atoms with Gasteiger partial charge in [0, 0.05) is 11.2 Å². The van der Waals surface area contributed by atoms with Crippen LogP contribution in [0.2, 0.25) is 0 Å². The number of nitrogen functional groups attached to an aromatic ring is 1. The molecule has 34 heavy (non-hydrogen) atoms. The van der Waals surface area contributed by atoms with Gasteiger partial charge in [-0.25, -0.2) is 0 Å². The predicted molar refractivity (Wildman–Crippen MR) is 135 cm³/mol. The number of carbonyl (C=O) groups excluding carboxylic acids is 3. The van der Waals surface area contributed by atoms with Crippen LogP contribution in [-0.2, 0) is 4.79 Å². The SMILES string of the molecule is Cc1ccc([C@H](C(=O)NC(C)(C)C)N(C(=O)c2snc(C(N)=O)c2N)c2ccc(C)cc2)cc1. The van der Waals surface area contributed by atoms with Gasteiger partial charge < -0.3 is 16.8 Å². The predicted octanol–water partition coefficient (Wildman–Crippen LogP) is 3.74. The Labute approximate surface area is 203 Å². The minimum atomic E-state index is -1.01. The first-order valence-corrected chi connectivity index (χ1v) is 11.5. The summed E-state index contributed by atoms with van der Waals surface area (Å²) in [5.74, 6) is -1.74. The van der Waals surface area contributed by atoms with E-state index >= 15 is 0 Å². The summed E-state index contributed by atoms with van der Waals surface area (Å²) in [5, 5.41) is 2.99. The number of aromatic nitrogens is 1. The summed E-state index contributed by atoms with van der Waals surface area (Å²) in [6.45, 7) is 9.49. The van der Waals surface area contributed by atoms with Crippen molar-refractivity contribution in [3.05, 3.63) is 75.8 Å². The summed E-state index contributed by atoms with van der Waals surface area (Å²) in [6.07, 6.45) is 0. The lowest BCUT2D eigenvalue weighted by molar-refractivity contribution is -0.123. The molecule has 178 valence electrons. The molecule has 2 aromatic carbocycles. The van der Waals surface area contributed by atoms with Crippen molar-refractivity contribution in [2.45, 2.75) is 46.2 Å². The summed E-state index contributed by atoms with van der Waals surface area (Å²) in [7, 11) is 0. The maximum absolute atomic E-state index is 13.9. The lowest BCUT2D eigenvalue weighted by Gasteiger charge is -2.33. The van der Waals surface area contributed by atoms with Gasteiger partial charge >= 0.3 is 0 Å². The van der Waals surface area contributed by atoms with Crippen LogP contribution in [0.15, 0.2) is 48.5 Å². The molecule has 0 unspecified atom stereocenters. The van der Waals surface area contributed by atoms with Gasteiger partial charge in [0.05, 0.1) is 5.69 Å². The maximum Gasteiger partial charge on any atom is 0.273 e. The fourth-order valence-corrected chi connectivity index (χ4v) is 4.17. The molecule has 3 rings (SSSR count). The van der Waals surface area contributed by atoms with Crippen molar-refractivity contribution in [1.82, 2.24) is 9.69 Å². The highest BCUT2D eigenvalue weighted by Crippen LogP contribution is 2.33. The standard InChI is InChI=1S/C25H29N5O3S/c1-14-6-10-16(11-7-14)20(23(32)28-25(3,4)5)30(17-12-8-15(2)9-13-17)24(33)21-18(26)19(22(27)31)29-34-21/h6-13,20H,26H2,1-5H3,(H2,27,31)(H,28,32)/t20-/m1/s1. The van der Waals surface area contributed by atoms with Gasteiger partial charge in [-0.1, -0.05) is 47.5 Å². The number of benzene rings is 2. The number of nitrogens with one attached hydrogen (secondary N) is 1. The minimum absolute atomic E-state index is 0.0371. The molecular weight excluding hydrogens is 450 g/mol. The zero-order valence-corrected chi connectivity index (χ0v) is 20.7. The van der Waals surface area contributed by atoms with E-state index in [9.17, 15) is 14.4 Å². The van der Waals surface area contributed by atoms with Crippen molar-refractivity contribution in [2.24, 2.45) is 5.73 Å². The fourth-order valence-electron chi connectivity index (χ4n) is 3.43. The Kier molecular flexibility index (Phi) is 7.07. The molecule has 0 fully saturated rings. The number of aryl methyl sites for hydroxylation is 2. The summed E-state index contributed by atoms with van der Waals surface area (Å²) in [6, 6.07) is 13.7. The van der Waals surface area contributed by atoms with Gasteiger partial charge in [0.2, 0.25) is 5.91 Å². The topological polar surface area (TPSA) is 131 Å². The Balaban J connectivity index is 2.22. The summed E-state index contributed by atoms with van der Waals surface area (Å²) in [4.78, 5) is 40.7. The number of primary amides is 1. The highest BCUT2D eigenvalue weighted by atomic mass is 32.1. The van der Waals surface area contributed by atoms with Gasteiger partial charge in [0.1, 0.15) is 10.9 Å². The number of hydrogen-bond acceptors (Lipinski definition) is 6. The first kappa shape index (κ1) is 24.9. The lowest BCUT2D eigenvalue weighted by atomic mass is 9.99. The second-order valence-corrected chi connectivity index (χ2v) is 9.97. The third-order valence-corrected chi connectivity index (χ3v) is 5.94. The van der Waals surface area contributed by atoms with Crippen molar-refractivity contribution in [3.63, 3.8) is 0 Å². The Morgan fingerprint density at radius 2 is 1.50 bits per heavy atom. The second-order valence-electron chi connectivity index (χ2n) is 9.20. The van der Waals surface area contributed by atoms with Crippen molar-refractivity contribution >= 4 is 40.6 Å². The van der Waals surface area contributed by atoms with Gasteiger partial charge in [-0.15, -0.1) is 0 Å². The molecule has 0 bridgehead atoms. The van der Waals surface area contributed by atoms with Crippen LogP contribution < -0.4 is 21.7 Å². The highest BCUT2D eigenvalue weighted by molar-refractivity contribution is 7.09. The third-order valence-electron chi connectivity index (χ3n) is 5.08. The second kappa shape index (κ2) is 9.64. The molecule has 0 saturated carbocycles. The van der Waals surface area contributed by atoms with Crippen LogP contribution in [0.1, 0.15) is 63.7 Å². The molecule has 8 nitrogen and oxygen atoms in total. The Bertz CT molecular complexity index is 1210. The van der Waals surface area contributed by atoms with Crippen LogP contribution in [0, 0.1) is 13.8 Å². The van der Waals surface area contributed by atoms with Crippen molar-refractivity contribution < 1.29 is 14.4 Å². The molecule has 9 heteroatoms. The largest absolute Gasteiger partial charge is 0.395 e. The van der Waals surface area contributed by atoms with Crippen LogP contribution >= 0.6 is 11.5 Å². The zero-order chi connectivity index (χ0) is 25.2. The van der Waals surface area contributed by atoms with E-state index in [1.54, 1.807) is 12.1 Å². The van der Waals surface area contributed by atoms with E-state index in [-0.39, 0.29) is 22.2 Å². The molecule has 3 amide bonds. The van der Waals surface area contributed by atoms with Crippen LogP contribution in [0.25, 0.3) is 0 Å². The molecule has 3 aromatic rings. The van der Waals surface area contributed by atoms with Gasteiger partial charge in [0.25, 0.3) is 11.8 Å². The normalized spacial score (nSPS) is 12.1. The number of hydrogen-bond donors (Lipinski definition) is 3. The third kappa shape index (κ3) is 5.43. The Morgan fingerprint density at radius 3 is 1.97 bits per heavy atom. The number of amides is 3. The average molecular weight is 480 g/mol. The van der Waals surface area contributed by atoms with Crippen LogP contribution in [0.3, 0.4) is 0 Å². The molecule has 0 radical (unpaired) electrons. The molecule has 0 aliphatic heterocycles. The highest BCUT2D eigenvalue weighted by Gasteiger charge is 2.37. The molecule has 1 atom stereocenters. The lowest BCUT2D eigenvalue weighted by Crippen LogP contribution is -2.49. The first-order chi connectivity index (χ1) is 15.9. The van der Waals surface area contributed by atoms with E-state index in [0.717, 1.165) is 22.7 Å². The van der Waals surface area contributed by atoms with E-state index in [0.29, 0.717) is 11.3 Å². The first-order valence-electron chi connectivity index (χ1n) is 10.7. The van der Waals surface area contributed by atoms with Crippen molar-refractivity contribution in [1.29, 1.82) is 0 Å². The molecular formula is C25H29N5O3S.